The Hall–Kier alpha value is -3.27. The summed E-state index contributed by atoms with van der Waals surface area (Å²) < 4.78 is 5.34. The Kier molecular flexibility index (Phi) is 7.20. The number of amides is 2. The Labute approximate surface area is 209 Å². The van der Waals surface area contributed by atoms with Crippen LogP contribution in [-0.2, 0) is 16.1 Å². The summed E-state index contributed by atoms with van der Waals surface area (Å²) in [4.78, 5) is 33.5. The maximum Gasteiger partial charge on any atom is 0.263 e. The van der Waals surface area contributed by atoms with Crippen LogP contribution in [0.1, 0.15) is 37.1 Å². The first-order valence-corrected chi connectivity index (χ1v) is 11.5. The average Bonchev–Trinajstić information content (AvgIpc) is 2.84. The number of rotatable bonds is 5. The monoisotopic (exact) mass is 497 g/mol. The number of para-hydroxylation sites is 1. The van der Waals surface area contributed by atoms with Gasteiger partial charge in [0, 0.05) is 23.7 Å². The topological polar surface area (TPSA) is 125 Å². The number of anilines is 2. The first-order chi connectivity index (χ1) is 16.4. The molecule has 2 aliphatic rings. The number of pyridine rings is 2. The molecule has 5 rings (SSSR count). The fourth-order valence-electron chi connectivity index (χ4n) is 4.46. The zero-order valence-corrected chi connectivity index (χ0v) is 20.2. The number of halogens is 1. The fraction of sp³-hybridized carbons (Fsp3) is 0.360. The lowest BCUT2D eigenvalue weighted by Crippen LogP contribution is -2.48. The van der Waals surface area contributed by atoms with Gasteiger partial charge >= 0.3 is 0 Å². The number of hydrogen-bond acceptors (Lipinski definition) is 7. The van der Waals surface area contributed by atoms with Crippen molar-refractivity contribution >= 4 is 46.6 Å². The van der Waals surface area contributed by atoms with Crippen molar-refractivity contribution in [3.8, 4) is 5.75 Å². The van der Waals surface area contributed by atoms with Gasteiger partial charge in [0.2, 0.25) is 0 Å². The quantitative estimate of drug-likeness (QED) is 0.426. The van der Waals surface area contributed by atoms with E-state index >= 15 is 0 Å². The summed E-state index contributed by atoms with van der Waals surface area (Å²) in [6, 6.07) is 13.3. The molecular weight excluding hydrogens is 470 g/mol. The van der Waals surface area contributed by atoms with Crippen LogP contribution in [0.2, 0.25) is 0 Å². The van der Waals surface area contributed by atoms with Gasteiger partial charge < -0.3 is 25.8 Å². The van der Waals surface area contributed by atoms with Crippen LogP contribution in [0, 0.1) is 6.92 Å². The molecule has 184 valence electrons. The molecule has 1 aliphatic heterocycles. The summed E-state index contributed by atoms with van der Waals surface area (Å²) in [5, 5.41) is 21.1. The largest absolute Gasteiger partial charge is 0.480 e. The van der Waals surface area contributed by atoms with Gasteiger partial charge in [-0.2, -0.15) is 0 Å². The average molecular weight is 498 g/mol. The molecule has 0 atom stereocenters. The Bertz CT molecular complexity index is 1260. The van der Waals surface area contributed by atoms with Crippen LogP contribution in [0.25, 0.3) is 10.9 Å². The third-order valence-corrected chi connectivity index (χ3v) is 6.45. The molecule has 35 heavy (non-hydrogen) atoms. The summed E-state index contributed by atoms with van der Waals surface area (Å²) in [5.74, 6) is 0.384. The second-order valence-corrected chi connectivity index (χ2v) is 8.96. The van der Waals surface area contributed by atoms with Crippen molar-refractivity contribution in [1.82, 2.24) is 15.3 Å². The lowest BCUT2D eigenvalue weighted by molar-refractivity contribution is -0.137. The summed E-state index contributed by atoms with van der Waals surface area (Å²) in [7, 11) is 0. The van der Waals surface area contributed by atoms with Gasteiger partial charge in [0.05, 0.1) is 16.9 Å². The zero-order chi connectivity index (χ0) is 23.7. The molecule has 0 saturated heterocycles. The first-order valence-electron chi connectivity index (χ1n) is 11.5. The van der Waals surface area contributed by atoms with E-state index in [1.54, 1.807) is 6.07 Å². The van der Waals surface area contributed by atoms with E-state index in [1.165, 1.54) is 0 Å². The molecule has 4 N–H and O–H groups in total. The third-order valence-electron chi connectivity index (χ3n) is 6.45. The molecule has 2 aromatic heterocycles. The predicted molar refractivity (Wildman–Crippen MR) is 135 cm³/mol. The normalized spacial score (nSPS) is 21.3. The highest BCUT2D eigenvalue weighted by Crippen LogP contribution is 2.31. The molecule has 3 aromatic rings. The van der Waals surface area contributed by atoms with E-state index < -0.39 is 11.5 Å². The van der Waals surface area contributed by atoms with Gasteiger partial charge in [0.1, 0.15) is 5.60 Å². The number of aryl methyl sites for hydroxylation is 1. The molecule has 9 nitrogen and oxygen atoms in total. The number of fused-ring (bicyclic) bond motifs is 2. The molecule has 1 aromatic carbocycles. The van der Waals surface area contributed by atoms with Crippen molar-refractivity contribution in [3.05, 3.63) is 53.9 Å². The van der Waals surface area contributed by atoms with Gasteiger partial charge in [-0.25, -0.2) is 4.98 Å². The number of benzene rings is 1. The van der Waals surface area contributed by atoms with Crippen LogP contribution in [0.5, 0.6) is 5.75 Å². The van der Waals surface area contributed by atoms with Crippen molar-refractivity contribution in [1.29, 1.82) is 0 Å². The van der Waals surface area contributed by atoms with E-state index in [1.807, 2.05) is 43.3 Å². The fourth-order valence-corrected chi connectivity index (χ4v) is 4.46. The summed E-state index contributed by atoms with van der Waals surface area (Å²) in [5.41, 5.74) is 1.55. The Morgan fingerprint density at radius 1 is 1.17 bits per heavy atom. The van der Waals surface area contributed by atoms with Gasteiger partial charge in [-0.05, 0) is 56.9 Å². The minimum Gasteiger partial charge on any atom is -0.480 e. The highest BCUT2D eigenvalue weighted by Gasteiger charge is 2.40. The predicted octanol–water partition coefficient (Wildman–Crippen LogP) is 3.09. The van der Waals surface area contributed by atoms with Gasteiger partial charge in [-0.15, -0.1) is 12.4 Å². The number of ether oxygens (including phenoxy) is 1. The van der Waals surface area contributed by atoms with Crippen molar-refractivity contribution in [2.24, 2.45) is 0 Å². The lowest BCUT2D eigenvalue weighted by atomic mass is 9.81. The number of carbonyl (C=O) groups is 2. The van der Waals surface area contributed by atoms with Crippen LogP contribution < -0.4 is 20.7 Å². The van der Waals surface area contributed by atoms with Gasteiger partial charge in [0.25, 0.3) is 11.8 Å². The second kappa shape index (κ2) is 10.2. The van der Waals surface area contributed by atoms with Crippen molar-refractivity contribution < 1.29 is 19.4 Å². The third kappa shape index (κ3) is 5.37. The van der Waals surface area contributed by atoms with Crippen molar-refractivity contribution in [3.63, 3.8) is 0 Å². The molecule has 0 bridgehead atoms. The van der Waals surface area contributed by atoms with Crippen molar-refractivity contribution in [2.45, 2.75) is 50.8 Å². The molecule has 1 fully saturated rings. The molecule has 10 heteroatoms. The summed E-state index contributed by atoms with van der Waals surface area (Å²) in [6.45, 7) is 2.42. The van der Waals surface area contributed by atoms with Gasteiger partial charge in [0.15, 0.2) is 18.2 Å². The molecule has 1 saturated carbocycles. The van der Waals surface area contributed by atoms with E-state index in [-0.39, 0.29) is 31.0 Å². The van der Waals surface area contributed by atoms with E-state index in [2.05, 4.69) is 25.9 Å². The molecule has 2 amide bonds. The second-order valence-electron chi connectivity index (χ2n) is 8.96. The van der Waals surface area contributed by atoms with Crippen LogP contribution >= 0.6 is 12.4 Å². The minimum absolute atomic E-state index is 0. The first kappa shape index (κ1) is 24.8. The Morgan fingerprint density at radius 2 is 1.97 bits per heavy atom. The molecular formula is C25H28ClN5O4. The maximum absolute atomic E-state index is 13.0. The molecule has 1 aliphatic carbocycles. The lowest BCUT2D eigenvalue weighted by Gasteiger charge is -2.35. The smallest absolute Gasteiger partial charge is 0.263 e. The van der Waals surface area contributed by atoms with E-state index in [9.17, 15) is 14.7 Å². The van der Waals surface area contributed by atoms with Gasteiger partial charge in [-0.1, -0.05) is 18.2 Å². The Balaban J connectivity index is 0.00000289. The van der Waals surface area contributed by atoms with Crippen LogP contribution in [0.15, 0.2) is 42.5 Å². The van der Waals surface area contributed by atoms with E-state index in [0.29, 0.717) is 55.0 Å². The van der Waals surface area contributed by atoms with E-state index in [4.69, 9.17) is 4.74 Å². The number of aromatic nitrogens is 2. The summed E-state index contributed by atoms with van der Waals surface area (Å²) >= 11 is 0. The zero-order valence-electron chi connectivity index (χ0n) is 19.3. The molecule has 0 unspecified atom stereocenters. The van der Waals surface area contributed by atoms with Crippen LogP contribution in [-0.4, -0.2) is 45.1 Å². The number of nitrogens with zero attached hydrogens (tertiary/aromatic N) is 2. The van der Waals surface area contributed by atoms with Crippen molar-refractivity contribution in [2.75, 3.05) is 17.2 Å². The molecule has 0 spiro atoms. The maximum atomic E-state index is 13.0. The molecule has 3 heterocycles. The number of hydrogen-bond donors (Lipinski definition) is 4. The standard InChI is InChI=1S/C25H27N5O4.ClH/c1-15-5-6-16-3-2-4-19(22(16)27-15)29-24(32)25(33)11-9-17(10-12-25)26-13-18-7-8-20-23(28-18)30-21(31)14-34-20;/h2-8,17,26,33H,9-14H2,1H3,(H,29,32)(H,28,30,31);1H. The number of carbonyl (C=O) groups excluding carboxylic acids is 2. The van der Waals surface area contributed by atoms with Crippen LogP contribution in [0.3, 0.4) is 0 Å². The summed E-state index contributed by atoms with van der Waals surface area (Å²) in [6.07, 6.45) is 2.02. The highest BCUT2D eigenvalue weighted by atomic mass is 35.5. The highest BCUT2D eigenvalue weighted by molar-refractivity contribution is 6.03. The Morgan fingerprint density at radius 3 is 2.77 bits per heavy atom. The molecule has 0 radical (unpaired) electrons. The SMILES string of the molecule is Cc1ccc2cccc(NC(=O)C3(O)CCC(NCc4ccc5c(n4)NC(=O)CO5)CC3)c2n1.Cl. The number of nitrogens with one attached hydrogen (secondary N) is 3. The minimum atomic E-state index is -1.42. The van der Waals surface area contributed by atoms with Crippen LogP contribution in [0.4, 0.5) is 11.5 Å². The van der Waals surface area contributed by atoms with E-state index in [0.717, 1.165) is 16.8 Å². The number of aliphatic hydroxyl groups is 1. The van der Waals surface area contributed by atoms with Gasteiger partial charge in [-0.3, -0.25) is 14.6 Å².